The van der Waals surface area contributed by atoms with Crippen LogP contribution < -0.4 is 5.56 Å². The highest BCUT2D eigenvalue weighted by atomic mass is 32.1. The highest BCUT2D eigenvalue weighted by molar-refractivity contribution is 7.73. The molecule has 2 heterocycles. The molecule has 0 aliphatic carbocycles. The van der Waals surface area contributed by atoms with Gasteiger partial charge in [0.1, 0.15) is 5.65 Å². The van der Waals surface area contributed by atoms with Gasteiger partial charge in [0, 0.05) is 0 Å². The first-order chi connectivity index (χ1) is 14.1. The predicted molar refractivity (Wildman–Crippen MR) is 124 cm³/mol. The minimum atomic E-state index is 0.00656. The van der Waals surface area contributed by atoms with Crippen LogP contribution >= 0.6 is 23.6 Å². The van der Waals surface area contributed by atoms with E-state index in [-0.39, 0.29) is 5.56 Å². The van der Waals surface area contributed by atoms with Crippen LogP contribution in [-0.4, -0.2) is 8.97 Å². The topological polar surface area (TPSA) is 26.4 Å². The van der Waals surface area contributed by atoms with E-state index in [1.165, 1.54) is 0 Å². The molecule has 5 rings (SSSR count). The third-order valence-corrected chi connectivity index (χ3v) is 6.63. The first-order valence-corrected chi connectivity index (χ1v) is 10.6. The van der Waals surface area contributed by atoms with Crippen molar-refractivity contribution in [3.63, 3.8) is 0 Å². The van der Waals surface area contributed by atoms with Crippen LogP contribution in [0.4, 0.5) is 0 Å². The fourth-order valence-corrected chi connectivity index (χ4v) is 5.35. The van der Waals surface area contributed by atoms with E-state index in [1.54, 1.807) is 11.3 Å². The Bertz CT molecular complexity index is 1480. The van der Waals surface area contributed by atoms with Crippen LogP contribution in [0.5, 0.6) is 0 Å². The molecule has 0 saturated carbocycles. The van der Waals surface area contributed by atoms with Crippen molar-refractivity contribution in [2.45, 2.75) is 13.5 Å². The molecule has 0 saturated heterocycles. The summed E-state index contributed by atoms with van der Waals surface area (Å²) in [6.45, 7) is 2.59. The zero-order valence-electron chi connectivity index (χ0n) is 15.8. The van der Waals surface area contributed by atoms with Crippen molar-refractivity contribution in [2.24, 2.45) is 0 Å². The Labute approximate surface area is 177 Å². The van der Waals surface area contributed by atoms with Gasteiger partial charge in [-0.1, -0.05) is 66.7 Å². The number of aromatic nitrogens is 2. The van der Waals surface area contributed by atoms with Crippen molar-refractivity contribution >= 4 is 40.1 Å². The van der Waals surface area contributed by atoms with E-state index in [2.05, 4.69) is 23.5 Å². The highest BCUT2D eigenvalue weighted by Crippen LogP contribution is 2.35. The molecule has 0 fully saturated rings. The molecule has 3 aromatic carbocycles. The SMILES string of the molecule is Cc1ccccc1-c1sc(=S)n2c3ccccc3c(=O)n(Cc3ccccc3)c12. The van der Waals surface area contributed by atoms with Gasteiger partial charge in [0.25, 0.3) is 5.56 Å². The predicted octanol–water partition coefficient (Wildman–Crippen LogP) is 6.07. The fraction of sp³-hybridized carbons (Fsp3) is 0.0833. The van der Waals surface area contributed by atoms with Crippen LogP contribution in [0.1, 0.15) is 11.1 Å². The maximum absolute atomic E-state index is 13.5. The second kappa shape index (κ2) is 7.10. The largest absolute Gasteiger partial charge is 0.288 e. The van der Waals surface area contributed by atoms with Crippen molar-refractivity contribution in [1.82, 2.24) is 8.97 Å². The average molecular weight is 415 g/mol. The van der Waals surface area contributed by atoms with Gasteiger partial charge in [-0.3, -0.25) is 13.8 Å². The molecule has 0 amide bonds. The minimum Gasteiger partial charge on any atom is -0.288 e. The Morgan fingerprint density at radius 3 is 2.38 bits per heavy atom. The molecular formula is C24H18N2OS2. The summed E-state index contributed by atoms with van der Waals surface area (Å²) in [4.78, 5) is 14.6. The van der Waals surface area contributed by atoms with Gasteiger partial charge in [-0.15, -0.1) is 11.3 Å². The third-order valence-electron chi connectivity index (χ3n) is 5.24. The monoisotopic (exact) mass is 414 g/mol. The molecule has 3 nitrogen and oxygen atoms in total. The summed E-state index contributed by atoms with van der Waals surface area (Å²) in [6, 6.07) is 26.0. The second-order valence-electron chi connectivity index (χ2n) is 7.07. The zero-order chi connectivity index (χ0) is 20.0. The van der Waals surface area contributed by atoms with Crippen LogP contribution in [0, 0.1) is 10.9 Å². The summed E-state index contributed by atoms with van der Waals surface area (Å²) < 4.78 is 4.67. The summed E-state index contributed by atoms with van der Waals surface area (Å²) >= 11 is 7.34. The Kier molecular flexibility index (Phi) is 4.42. The van der Waals surface area contributed by atoms with Crippen LogP contribution in [0.25, 0.3) is 27.0 Å². The van der Waals surface area contributed by atoms with Gasteiger partial charge in [0.05, 0.1) is 22.3 Å². The summed E-state index contributed by atoms with van der Waals surface area (Å²) in [5.41, 5.74) is 5.09. The van der Waals surface area contributed by atoms with Crippen molar-refractivity contribution in [1.29, 1.82) is 0 Å². The number of benzene rings is 3. The molecule has 5 aromatic rings. The molecule has 29 heavy (non-hydrogen) atoms. The molecule has 2 aromatic heterocycles. The van der Waals surface area contributed by atoms with Crippen LogP contribution in [0.2, 0.25) is 0 Å². The molecule has 0 radical (unpaired) electrons. The number of hydrogen-bond donors (Lipinski definition) is 0. The van der Waals surface area contributed by atoms with E-state index in [1.807, 2.05) is 71.3 Å². The van der Waals surface area contributed by atoms with E-state index in [0.717, 1.165) is 36.7 Å². The Morgan fingerprint density at radius 1 is 0.897 bits per heavy atom. The van der Waals surface area contributed by atoms with Gasteiger partial charge in [-0.05, 0) is 48.0 Å². The lowest BCUT2D eigenvalue weighted by atomic mass is 10.1. The van der Waals surface area contributed by atoms with E-state index < -0.39 is 0 Å². The number of hydrogen-bond acceptors (Lipinski definition) is 3. The van der Waals surface area contributed by atoms with E-state index >= 15 is 0 Å². The summed E-state index contributed by atoms with van der Waals surface area (Å²) in [5.74, 6) is 0. The molecule has 0 atom stereocenters. The average Bonchev–Trinajstić information content (AvgIpc) is 3.09. The molecule has 0 bridgehead atoms. The molecular weight excluding hydrogens is 396 g/mol. The lowest BCUT2D eigenvalue weighted by Gasteiger charge is -2.14. The Morgan fingerprint density at radius 2 is 1.59 bits per heavy atom. The molecule has 0 N–H and O–H groups in total. The second-order valence-corrected chi connectivity index (χ2v) is 8.71. The summed E-state index contributed by atoms with van der Waals surface area (Å²) in [6.07, 6.45) is 0. The Balaban J connectivity index is 1.95. The number of aryl methyl sites for hydroxylation is 1. The third kappa shape index (κ3) is 2.94. The molecule has 142 valence electrons. The van der Waals surface area contributed by atoms with Gasteiger partial charge in [-0.25, -0.2) is 0 Å². The van der Waals surface area contributed by atoms with E-state index in [9.17, 15) is 4.79 Å². The van der Waals surface area contributed by atoms with Crippen LogP contribution in [0.3, 0.4) is 0 Å². The van der Waals surface area contributed by atoms with Crippen molar-refractivity contribution in [3.05, 3.63) is 104 Å². The molecule has 0 aliphatic rings. The lowest BCUT2D eigenvalue weighted by Crippen LogP contribution is -2.23. The summed E-state index contributed by atoms with van der Waals surface area (Å²) in [7, 11) is 0. The standard InChI is InChI=1S/C24H18N2OS2/c1-16-9-5-6-12-18(16)21-22-25(15-17-10-3-2-4-11-17)23(27)19-13-7-8-14-20(19)26(22)24(28)29-21/h2-14H,15H2,1H3. The fourth-order valence-electron chi connectivity index (χ4n) is 3.83. The maximum Gasteiger partial charge on any atom is 0.261 e. The maximum atomic E-state index is 13.5. The normalized spacial score (nSPS) is 11.3. The van der Waals surface area contributed by atoms with Gasteiger partial charge >= 0.3 is 0 Å². The zero-order valence-corrected chi connectivity index (χ0v) is 17.5. The van der Waals surface area contributed by atoms with Gasteiger partial charge in [0.15, 0.2) is 3.95 Å². The number of thiazole rings is 1. The smallest absolute Gasteiger partial charge is 0.261 e. The number of rotatable bonds is 3. The molecule has 0 unspecified atom stereocenters. The summed E-state index contributed by atoms with van der Waals surface area (Å²) in [5, 5.41) is 0.682. The number of para-hydroxylation sites is 1. The molecule has 0 aliphatic heterocycles. The minimum absolute atomic E-state index is 0.00656. The van der Waals surface area contributed by atoms with Crippen molar-refractivity contribution in [2.75, 3.05) is 0 Å². The van der Waals surface area contributed by atoms with Crippen molar-refractivity contribution < 1.29 is 0 Å². The molecule has 5 heteroatoms. The van der Waals surface area contributed by atoms with Crippen LogP contribution in [0.15, 0.2) is 83.7 Å². The van der Waals surface area contributed by atoms with E-state index in [0.29, 0.717) is 11.9 Å². The van der Waals surface area contributed by atoms with Crippen LogP contribution in [-0.2, 0) is 6.54 Å². The Hall–Kier alpha value is -3.02. The highest BCUT2D eigenvalue weighted by Gasteiger charge is 2.19. The number of fused-ring (bicyclic) bond motifs is 3. The van der Waals surface area contributed by atoms with Crippen molar-refractivity contribution in [3.8, 4) is 10.4 Å². The van der Waals surface area contributed by atoms with Gasteiger partial charge in [-0.2, -0.15) is 0 Å². The number of nitrogens with zero attached hydrogens (tertiary/aromatic N) is 2. The lowest BCUT2D eigenvalue weighted by molar-refractivity contribution is 0.780. The van der Waals surface area contributed by atoms with E-state index in [4.69, 9.17) is 12.2 Å². The first-order valence-electron chi connectivity index (χ1n) is 9.42. The molecule has 0 spiro atoms. The first kappa shape index (κ1) is 18.0. The van der Waals surface area contributed by atoms with Gasteiger partial charge in [0.2, 0.25) is 0 Å². The quantitative estimate of drug-likeness (QED) is 0.335. The van der Waals surface area contributed by atoms with Gasteiger partial charge < -0.3 is 0 Å².